The molecule has 13 rings (SSSR count). The number of rotatable bonds is 10. The van der Waals surface area contributed by atoms with E-state index >= 15 is 0 Å². The number of carboxylic acid groups (broad SMARTS) is 1. The molecule has 0 saturated heterocycles. The number of hydrogen-bond acceptors (Lipinski definition) is 13. The molecule has 0 unspecified atom stereocenters. The Bertz CT molecular complexity index is 5130. The molecule has 9 heterocycles. The molecule has 7 radical (unpaired) electrons. The first-order chi connectivity index (χ1) is 52.2. The maximum Gasteiger partial charge on any atom is 0.354 e. The number of aromatic carboxylic acids is 1. The summed E-state index contributed by atoms with van der Waals surface area (Å²) in [7, 11) is 5.49. The van der Waals surface area contributed by atoms with E-state index in [-0.39, 0.29) is 198 Å². The zero-order valence-corrected chi connectivity index (χ0v) is 80.0. The van der Waals surface area contributed by atoms with E-state index in [0.717, 1.165) is 71.0 Å². The summed E-state index contributed by atoms with van der Waals surface area (Å²) in [5.74, 6) is -8.41. The second-order valence-electron chi connectivity index (χ2n) is 25.1. The standard InChI is InChI=1S/C12H10F2N3.C12H8F2NO.C11H7F2N2.C11H6F2N.C11H8N.C11H20O2.C10H8F2N2.C6H5NO2.7Ir/c1-17(2)8-5-6-15-10(7-8)9-3-4-11(13)16-12(9)14;13-9-1-2-10(11(14)6-9)12-5-8(7-16)3-4-15-12;1-7-4-5-14-9(6-7)8-2-3-10(12)15-11(8)13;12-8-4-5-9(10(13)7-8)11-3-1-2-6-14-11;1-2-6-10(7-3-1)11-8-4-5-9-12-11;1-10(2,3)8(12)7-9(13)11(4,5)6;1-13-5-2-6-14(13)10-4-3-8(11)7-9(10)12;8-6(9)5-3-1-2-4-7-5;;;;;;;/h4-7H,1-2H3;1,3-6,16H,7H2;3-6H,1H3;1-4,6-7H;1-6,8-9H;7,12H,1-6H3;2-3,5-7H,1H3;1-4H,(H,8,9);;;;;;;/q5*-1;;;;;;;;;;. The van der Waals surface area contributed by atoms with E-state index in [9.17, 15) is 58.6 Å². The van der Waals surface area contributed by atoms with E-state index in [0.29, 0.717) is 28.3 Å². The molecule has 0 spiro atoms. The number of carbonyl (C=O) groups is 2. The van der Waals surface area contributed by atoms with E-state index in [1.165, 1.54) is 35.3 Å². The Balaban J connectivity index is 0. The van der Waals surface area contributed by atoms with Crippen molar-refractivity contribution in [3.8, 4) is 62.0 Å². The number of pyridine rings is 8. The third-order valence-corrected chi connectivity index (χ3v) is 14.3. The number of aryl methyl sites for hydroxylation is 2. The van der Waals surface area contributed by atoms with E-state index in [2.05, 4.69) is 76.3 Å². The Morgan fingerprint density at radius 1 is 0.479 bits per heavy atom. The predicted octanol–water partition coefficient (Wildman–Crippen LogP) is 17.7. The number of allylic oxidation sites excluding steroid dienone is 2. The number of carboxylic acids is 1. The number of hydrogen-bond donors (Lipinski definition) is 3. The Morgan fingerprint density at radius 3 is 1.34 bits per heavy atom. The van der Waals surface area contributed by atoms with Crippen LogP contribution in [-0.4, -0.2) is 85.7 Å². The van der Waals surface area contributed by atoms with Crippen molar-refractivity contribution in [2.45, 2.75) is 55.1 Å². The van der Waals surface area contributed by atoms with Crippen LogP contribution in [0.3, 0.4) is 0 Å². The minimum absolute atomic E-state index is 0. The number of halogens is 10. The van der Waals surface area contributed by atoms with Gasteiger partial charge in [-0.15, -0.1) is 95.2 Å². The fourth-order valence-corrected chi connectivity index (χ4v) is 8.50. The minimum atomic E-state index is -0.990. The van der Waals surface area contributed by atoms with Gasteiger partial charge in [0.2, 0.25) is 0 Å². The van der Waals surface area contributed by atoms with E-state index in [1.807, 2.05) is 110 Å². The molecule has 0 fully saturated rings. The predicted molar refractivity (Wildman–Crippen MR) is 394 cm³/mol. The van der Waals surface area contributed by atoms with E-state index in [1.54, 1.807) is 116 Å². The van der Waals surface area contributed by atoms with Crippen molar-refractivity contribution < 1.29 is 214 Å². The average molecular weight is 2850 g/mol. The zero-order chi connectivity index (χ0) is 80.7. The third-order valence-electron chi connectivity index (χ3n) is 14.3. The van der Waals surface area contributed by atoms with Gasteiger partial charge in [-0.25, -0.2) is 27.3 Å². The van der Waals surface area contributed by atoms with Crippen LogP contribution in [0, 0.1) is 113 Å². The van der Waals surface area contributed by atoms with Crippen molar-refractivity contribution in [3.63, 3.8) is 0 Å². The van der Waals surface area contributed by atoms with Gasteiger partial charge in [-0.2, -0.15) is 4.68 Å². The summed E-state index contributed by atoms with van der Waals surface area (Å²) in [5, 5.41) is 26.8. The van der Waals surface area contributed by atoms with Gasteiger partial charge in [0, 0.05) is 261 Å². The van der Waals surface area contributed by atoms with Crippen molar-refractivity contribution >= 4 is 17.4 Å². The first-order valence-corrected chi connectivity index (χ1v) is 32.9. The zero-order valence-electron chi connectivity index (χ0n) is 63.3. The van der Waals surface area contributed by atoms with E-state index in [4.69, 9.17) is 10.2 Å². The van der Waals surface area contributed by atoms with Crippen molar-refractivity contribution in [3.05, 3.63) is 343 Å². The second kappa shape index (κ2) is 55.4. The number of carbonyl (C=O) groups excluding carboxylic acids is 1. The van der Waals surface area contributed by atoms with Crippen LogP contribution < -0.4 is 9.58 Å². The molecule has 9 aromatic heterocycles. The largest absolute Gasteiger partial charge is 0.512 e. The normalized spacial score (nSPS) is 10.0. The molecule has 0 amide bonds. The number of nitrogens with zero attached hydrogens (tertiary/aromatic N) is 11. The Hall–Kier alpha value is -8.42. The van der Waals surface area contributed by atoms with Gasteiger partial charge in [0.05, 0.1) is 12.8 Å². The second-order valence-corrected chi connectivity index (χ2v) is 25.1. The third kappa shape index (κ3) is 37.6. The first kappa shape index (κ1) is 111. The molecule has 0 bridgehead atoms. The number of aromatic nitrogens is 10. The van der Waals surface area contributed by atoms with Crippen LogP contribution in [0.5, 0.6) is 0 Å². The molecule has 117 heavy (non-hydrogen) atoms. The van der Waals surface area contributed by atoms with Crippen LogP contribution in [0.25, 0.3) is 62.0 Å². The van der Waals surface area contributed by atoms with Gasteiger partial charge >= 0.3 is 5.97 Å². The molecule has 0 saturated carbocycles. The summed E-state index contributed by atoms with van der Waals surface area (Å²) in [6, 6.07) is 58.7. The molecule has 631 valence electrons. The quantitative estimate of drug-likeness (QED) is 0.0291. The fraction of sp³-hybridized carbons (Fsp3) is 0.155. The molecule has 0 aliphatic heterocycles. The smallest absolute Gasteiger partial charge is 0.354 e. The Labute approximate surface area is 766 Å². The Morgan fingerprint density at radius 2 is 0.932 bits per heavy atom. The van der Waals surface area contributed by atoms with Gasteiger partial charge in [-0.3, -0.25) is 41.1 Å². The number of ketones is 1. The van der Waals surface area contributed by atoms with Crippen LogP contribution in [0.2, 0.25) is 0 Å². The molecule has 0 atom stereocenters. The minimum Gasteiger partial charge on any atom is -0.512 e. The molecular weight excluding hydrogens is 2780 g/mol. The van der Waals surface area contributed by atoms with E-state index < -0.39 is 70.1 Å². The number of anilines is 1. The van der Waals surface area contributed by atoms with Gasteiger partial charge in [0.1, 0.15) is 35.2 Å². The average Bonchev–Trinajstić information content (AvgIpc) is 1.45. The summed E-state index contributed by atoms with van der Waals surface area (Å²) in [5.41, 5.74) is 5.94. The van der Waals surface area contributed by atoms with Crippen LogP contribution in [0.1, 0.15) is 63.2 Å². The molecule has 3 N–H and O–H groups in total. The summed E-state index contributed by atoms with van der Waals surface area (Å²) in [6.45, 7) is 12.8. The Kier molecular flexibility index (Phi) is 52.3. The summed E-state index contributed by atoms with van der Waals surface area (Å²) < 4.78 is 133. The molecular formula is C84H72F10Ir7N11O5-5. The topological polar surface area (TPSA) is 210 Å². The van der Waals surface area contributed by atoms with Gasteiger partial charge in [-0.1, -0.05) is 142 Å². The molecule has 16 nitrogen and oxygen atoms in total. The van der Waals surface area contributed by atoms with Gasteiger partial charge in [-0.05, 0) is 83.4 Å². The van der Waals surface area contributed by atoms with Gasteiger partial charge in [0.25, 0.3) is 0 Å². The maximum absolute atomic E-state index is 13.4. The number of aliphatic hydroxyl groups is 2. The fourth-order valence-electron chi connectivity index (χ4n) is 8.50. The van der Waals surface area contributed by atoms with Crippen molar-refractivity contribution in [1.82, 2.24) is 44.6 Å². The molecule has 0 aliphatic rings. The van der Waals surface area contributed by atoms with Crippen LogP contribution in [0.4, 0.5) is 49.6 Å². The molecule has 33 heteroatoms. The summed E-state index contributed by atoms with van der Waals surface area (Å²) >= 11 is 0. The van der Waals surface area contributed by atoms with Gasteiger partial charge in [0.15, 0.2) is 19.0 Å². The number of aliphatic hydroxyl groups excluding tert-OH is 2. The maximum atomic E-state index is 13.4. The van der Waals surface area contributed by atoms with Crippen molar-refractivity contribution in [2.75, 3.05) is 19.0 Å². The van der Waals surface area contributed by atoms with Crippen LogP contribution in [-0.2, 0) is 159 Å². The van der Waals surface area contributed by atoms with Crippen LogP contribution >= 0.6 is 0 Å². The first-order valence-electron chi connectivity index (χ1n) is 32.9. The SMILES string of the molecule is CC(C)(C)C(=O)C=C(O)C(C)(C)C.CN(C)c1ccnc(-c2[c-]cc(F)nc2F)c1.C[n+]1cccn1-c1[c-]cc(F)cc1F.Cc1ccnc(-c2[c-]cc(F)nc2F)c1.Fc1c[c-]c(-c2ccccn2)c(F)c1.O=C(O)c1ccccn1.OCc1ccnc(-c2[c-]cc(F)cc2F)c1.[Ir].[Ir].[Ir].[Ir].[Ir].[Ir].[Ir].[c-]1ccccc1-c1ccccn1. The molecule has 13 aromatic rings. The molecule has 0 aliphatic carbocycles. The number of benzene rings is 4. The van der Waals surface area contributed by atoms with Crippen molar-refractivity contribution in [2.24, 2.45) is 17.9 Å². The monoisotopic (exact) mass is 2860 g/mol. The molecule has 4 aromatic carbocycles. The van der Waals surface area contributed by atoms with Crippen molar-refractivity contribution in [1.29, 1.82) is 0 Å². The van der Waals surface area contributed by atoms with Crippen LogP contribution in [0.15, 0.2) is 231 Å². The summed E-state index contributed by atoms with van der Waals surface area (Å²) in [4.78, 5) is 53.3. The van der Waals surface area contributed by atoms with Gasteiger partial charge < -0.3 is 45.1 Å². The summed E-state index contributed by atoms with van der Waals surface area (Å²) in [6.07, 6.45) is 14.1.